The van der Waals surface area contributed by atoms with Gasteiger partial charge in [0, 0.05) is 36.6 Å². The number of piperidine rings is 1. The summed E-state index contributed by atoms with van der Waals surface area (Å²) in [7, 11) is 0. The predicted octanol–water partition coefficient (Wildman–Crippen LogP) is 2.01. The van der Waals surface area contributed by atoms with E-state index in [4.69, 9.17) is 4.52 Å². The Hall–Kier alpha value is -1.96. The maximum Gasteiger partial charge on any atom is 0.307 e. The summed E-state index contributed by atoms with van der Waals surface area (Å²) in [5.74, 6) is 1.42. The number of hydrogen-bond acceptors (Lipinski definition) is 6. The fourth-order valence-electron chi connectivity index (χ4n) is 3.10. The van der Waals surface area contributed by atoms with Gasteiger partial charge in [0.2, 0.25) is 11.8 Å². The summed E-state index contributed by atoms with van der Waals surface area (Å²) in [5, 5.41) is 3.83. The Bertz CT molecular complexity index is 792. The highest BCUT2D eigenvalue weighted by Crippen LogP contribution is 2.26. The Balaban J connectivity index is 1.61. The van der Waals surface area contributed by atoms with E-state index in [1.54, 1.807) is 11.5 Å². The minimum Gasteiger partial charge on any atom is -0.342 e. The molecule has 1 saturated heterocycles. The molecule has 0 N–H and O–H groups in total. The van der Waals surface area contributed by atoms with Crippen LogP contribution in [0.25, 0.3) is 0 Å². The number of carbonyl (C=O) groups is 1. The first kappa shape index (κ1) is 16.9. The van der Waals surface area contributed by atoms with Crippen LogP contribution in [-0.4, -0.2) is 38.6 Å². The number of carbonyl (C=O) groups excluding carboxylic acids is 1. The van der Waals surface area contributed by atoms with Gasteiger partial charge in [-0.3, -0.25) is 9.59 Å². The molecule has 1 aliphatic rings. The van der Waals surface area contributed by atoms with Gasteiger partial charge in [-0.2, -0.15) is 4.98 Å². The molecule has 7 nitrogen and oxygen atoms in total. The Morgan fingerprint density at radius 3 is 2.79 bits per heavy atom. The summed E-state index contributed by atoms with van der Waals surface area (Å²) in [6.45, 7) is 7.44. The Labute approximate surface area is 144 Å². The van der Waals surface area contributed by atoms with Crippen molar-refractivity contribution in [3.8, 4) is 0 Å². The minimum atomic E-state index is 0.00987. The van der Waals surface area contributed by atoms with Crippen molar-refractivity contribution < 1.29 is 9.32 Å². The molecule has 0 bridgehead atoms. The summed E-state index contributed by atoms with van der Waals surface area (Å²) in [5.41, 5.74) is 0.954. The average molecular weight is 350 g/mol. The summed E-state index contributed by atoms with van der Waals surface area (Å²) in [4.78, 5) is 31.6. The van der Waals surface area contributed by atoms with Crippen LogP contribution in [0.15, 0.2) is 9.32 Å². The van der Waals surface area contributed by atoms with E-state index < -0.39 is 0 Å². The first-order chi connectivity index (χ1) is 11.5. The lowest BCUT2D eigenvalue weighted by atomic mass is 9.97. The van der Waals surface area contributed by atoms with Gasteiger partial charge in [-0.05, 0) is 33.6 Å². The fourth-order valence-corrected chi connectivity index (χ4v) is 3.95. The van der Waals surface area contributed by atoms with Gasteiger partial charge in [0.15, 0.2) is 5.82 Å². The molecule has 8 heteroatoms. The third-order valence-corrected chi connectivity index (χ3v) is 5.59. The molecule has 1 atom stereocenters. The second kappa shape index (κ2) is 6.88. The molecular weight excluding hydrogens is 328 g/mol. The summed E-state index contributed by atoms with van der Waals surface area (Å²) in [6, 6.07) is 0. The highest BCUT2D eigenvalue weighted by atomic mass is 32.1. The van der Waals surface area contributed by atoms with Crippen molar-refractivity contribution in [2.24, 2.45) is 0 Å². The average Bonchev–Trinajstić information content (AvgIpc) is 3.10. The lowest BCUT2D eigenvalue weighted by molar-refractivity contribution is -0.132. The summed E-state index contributed by atoms with van der Waals surface area (Å²) >= 11 is 1.24. The molecule has 1 aliphatic heterocycles. The van der Waals surface area contributed by atoms with E-state index in [9.17, 15) is 9.59 Å². The molecule has 24 heavy (non-hydrogen) atoms. The molecule has 0 aromatic carbocycles. The normalized spacial score (nSPS) is 18.1. The van der Waals surface area contributed by atoms with E-state index in [0.717, 1.165) is 30.0 Å². The Morgan fingerprint density at radius 2 is 2.17 bits per heavy atom. The largest absolute Gasteiger partial charge is 0.342 e. The van der Waals surface area contributed by atoms with Crippen LogP contribution in [0, 0.1) is 20.8 Å². The first-order valence-electron chi connectivity index (χ1n) is 8.20. The Morgan fingerprint density at radius 1 is 1.38 bits per heavy atom. The maximum absolute atomic E-state index is 12.5. The van der Waals surface area contributed by atoms with Crippen molar-refractivity contribution in [3.05, 3.63) is 32.0 Å². The van der Waals surface area contributed by atoms with E-state index in [1.807, 2.05) is 18.7 Å². The van der Waals surface area contributed by atoms with Crippen LogP contribution in [-0.2, 0) is 11.3 Å². The van der Waals surface area contributed by atoms with Crippen molar-refractivity contribution in [2.45, 2.75) is 52.5 Å². The van der Waals surface area contributed by atoms with Gasteiger partial charge in [-0.25, -0.2) is 0 Å². The highest BCUT2D eigenvalue weighted by Gasteiger charge is 2.28. The van der Waals surface area contributed by atoms with Gasteiger partial charge in [-0.1, -0.05) is 16.5 Å². The number of amides is 1. The van der Waals surface area contributed by atoms with Crippen molar-refractivity contribution in [2.75, 3.05) is 13.1 Å². The third-order valence-electron chi connectivity index (χ3n) is 4.59. The minimum absolute atomic E-state index is 0.00987. The molecule has 3 heterocycles. The molecule has 0 aliphatic carbocycles. The van der Waals surface area contributed by atoms with Crippen molar-refractivity contribution in [1.82, 2.24) is 19.6 Å². The first-order valence-corrected chi connectivity index (χ1v) is 9.02. The van der Waals surface area contributed by atoms with Crippen molar-refractivity contribution >= 4 is 17.2 Å². The zero-order chi connectivity index (χ0) is 17.3. The molecule has 3 rings (SSSR count). The zero-order valence-electron chi connectivity index (χ0n) is 14.2. The number of aromatic nitrogens is 3. The fraction of sp³-hybridized carbons (Fsp3) is 0.625. The monoisotopic (exact) mass is 350 g/mol. The van der Waals surface area contributed by atoms with Gasteiger partial charge in [0.05, 0.1) is 5.92 Å². The highest BCUT2D eigenvalue weighted by molar-refractivity contribution is 7.09. The standard InChI is InChI=1S/C16H22N4O3S/c1-10-11(2)24-16(22)20(10)8-6-14(21)19-7-4-5-13(9-19)15-17-12(3)18-23-15/h13H,4-9H2,1-3H3. The van der Waals surface area contributed by atoms with Gasteiger partial charge in [0.1, 0.15) is 0 Å². The van der Waals surface area contributed by atoms with E-state index in [-0.39, 0.29) is 16.7 Å². The van der Waals surface area contributed by atoms with Gasteiger partial charge < -0.3 is 14.0 Å². The topological polar surface area (TPSA) is 81.2 Å². The second-order valence-corrected chi connectivity index (χ2v) is 7.44. The number of rotatable bonds is 4. The molecule has 2 aromatic rings. The zero-order valence-corrected chi connectivity index (χ0v) is 15.1. The molecular formula is C16H22N4O3S. The lowest BCUT2D eigenvalue weighted by Gasteiger charge is -2.31. The van der Waals surface area contributed by atoms with Gasteiger partial charge in [-0.15, -0.1) is 0 Å². The third kappa shape index (κ3) is 3.43. The number of hydrogen-bond donors (Lipinski definition) is 0. The molecule has 0 saturated carbocycles. The predicted molar refractivity (Wildman–Crippen MR) is 90.3 cm³/mol. The quantitative estimate of drug-likeness (QED) is 0.842. The molecule has 1 amide bonds. The summed E-state index contributed by atoms with van der Waals surface area (Å²) < 4.78 is 6.95. The molecule has 0 spiro atoms. The maximum atomic E-state index is 12.5. The van der Waals surface area contributed by atoms with Crippen LogP contribution in [0.2, 0.25) is 0 Å². The van der Waals surface area contributed by atoms with Gasteiger partial charge in [0.25, 0.3) is 0 Å². The van der Waals surface area contributed by atoms with Gasteiger partial charge >= 0.3 is 4.87 Å². The number of aryl methyl sites for hydroxylation is 2. The molecule has 0 radical (unpaired) electrons. The van der Waals surface area contributed by atoms with E-state index in [1.165, 1.54) is 11.3 Å². The van der Waals surface area contributed by atoms with E-state index in [0.29, 0.717) is 31.2 Å². The number of thiazole rings is 1. The summed E-state index contributed by atoms with van der Waals surface area (Å²) in [6.07, 6.45) is 2.22. The van der Waals surface area contributed by atoms with Crippen molar-refractivity contribution in [1.29, 1.82) is 0 Å². The van der Waals surface area contributed by atoms with E-state index in [2.05, 4.69) is 10.1 Å². The van der Waals surface area contributed by atoms with Crippen molar-refractivity contribution in [3.63, 3.8) is 0 Å². The molecule has 130 valence electrons. The second-order valence-electron chi connectivity index (χ2n) is 6.27. The lowest BCUT2D eigenvalue weighted by Crippen LogP contribution is -2.39. The van der Waals surface area contributed by atoms with Crippen LogP contribution in [0.4, 0.5) is 0 Å². The number of likely N-dealkylation sites (tertiary alicyclic amines) is 1. The smallest absolute Gasteiger partial charge is 0.307 e. The van der Waals surface area contributed by atoms with Crippen LogP contribution in [0.3, 0.4) is 0 Å². The molecule has 2 aromatic heterocycles. The van der Waals surface area contributed by atoms with Crippen LogP contribution >= 0.6 is 11.3 Å². The Kier molecular flexibility index (Phi) is 4.84. The SMILES string of the molecule is Cc1noc(C2CCCN(C(=O)CCn3c(C)c(C)sc3=O)C2)n1. The van der Waals surface area contributed by atoms with Crippen LogP contribution < -0.4 is 4.87 Å². The van der Waals surface area contributed by atoms with Crippen LogP contribution in [0.1, 0.15) is 47.5 Å². The van der Waals surface area contributed by atoms with E-state index >= 15 is 0 Å². The number of nitrogens with zero attached hydrogens (tertiary/aromatic N) is 4. The molecule has 1 fully saturated rings. The molecule has 1 unspecified atom stereocenters. The van der Waals surface area contributed by atoms with Crippen LogP contribution in [0.5, 0.6) is 0 Å².